The molecule has 0 bridgehead atoms. The van der Waals surface area contributed by atoms with Crippen molar-refractivity contribution in [2.75, 3.05) is 31.4 Å². The number of rotatable bonds is 4. The van der Waals surface area contributed by atoms with E-state index in [1.165, 1.54) is 0 Å². The molecule has 1 aromatic rings. The normalized spacial score (nSPS) is 12.3. The molecule has 1 unspecified atom stereocenters. The molecule has 0 aliphatic carbocycles. The Bertz CT molecular complexity index is 328. The van der Waals surface area contributed by atoms with Crippen LogP contribution in [0.1, 0.15) is 6.92 Å². The average molecular weight is 210 g/mol. The number of methoxy groups -OCH3 is 1. The largest absolute Gasteiger partial charge is 0.497 e. The number of ether oxygens (including phenoxy) is 1. The molecule has 0 amide bonds. The van der Waals surface area contributed by atoms with Crippen LogP contribution < -0.4 is 15.4 Å². The van der Waals surface area contributed by atoms with Crippen molar-refractivity contribution in [2.45, 2.75) is 13.0 Å². The molecule has 84 valence electrons. The number of aliphatic hydroxyl groups is 1. The number of nitrogens with two attached hydrogens (primary N) is 1. The third-order valence-corrected chi connectivity index (χ3v) is 2.54. The number of hydrogen-bond donors (Lipinski definition) is 2. The van der Waals surface area contributed by atoms with Gasteiger partial charge in [0.25, 0.3) is 0 Å². The molecule has 0 aliphatic rings. The van der Waals surface area contributed by atoms with Crippen LogP contribution in [0.2, 0.25) is 0 Å². The van der Waals surface area contributed by atoms with Gasteiger partial charge in [0, 0.05) is 19.2 Å². The summed E-state index contributed by atoms with van der Waals surface area (Å²) in [6.07, 6.45) is 0. The van der Waals surface area contributed by atoms with Crippen molar-refractivity contribution in [2.24, 2.45) is 0 Å². The maximum absolute atomic E-state index is 9.05. The maximum Gasteiger partial charge on any atom is 0.121 e. The first-order valence-corrected chi connectivity index (χ1v) is 4.87. The van der Waals surface area contributed by atoms with E-state index < -0.39 is 0 Å². The van der Waals surface area contributed by atoms with Crippen LogP contribution in [0.25, 0.3) is 0 Å². The van der Waals surface area contributed by atoms with Crippen molar-refractivity contribution >= 4 is 11.4 Å². The molecule has 1 rings (SSSR count). The maximum atomic E-state index is 9.05. The number of nitrogen functional groups attached to an aromatic ring is 1. The van der Waals surface area contributed by atoms with E-state index in [-0.39, 0.29) is 12.6 Å². The van der Waals surface area contributed by atoms with Crippen LogP contribution in [-0.2, 0) is 0 Å². The highest BCUT2D eigenvalue weighted by Gasteiger charge is 2.11. The van der Waals surface area contributed by atoms with Gasteiger partial charge in [0.1, 0.15) is 5.75 Å². The van der Waals surface area contributed by atoms with E-state index in [1.54, 1.807) is 13.2 Å². The van der Waals surface area contributed by atoms with Gasteiger partial charge in [-0.2, -0.15) is 0 Å². The van der Waals surface area contributed by atoms with Crippen molar-refractivity contribution in [1.29, 1.82) is 0 Å². The third-order valence-electron chi connectivity index (χ3n) is 2.54. The summed E-state index contributed by atoms with van der Waals surface area (Å²) in [6, 6.07) is 5.56. The summed E-state index contributed by atoms with van der Waals surface area (Å²) >= 11 is 0. The van der Waals surface area contributed by atoms with E-state index in [2.05, 4.69) is 0 Å². The Labute approximate surface area is 90.3 Å². The fourth-order valence-corrected chi connectivity index (χ4v) is 1.34. The summed E-state index contributed by atoms with van der Waals surface area (Å²) < 4.78 is 5.07. The van der Waals surface area contributed by atoms with Gasteiger partial charge in [-0.1, -0.05) is 0 Å². The molecule has 1 aromatic carbocycles. The van der Waals surface area contributed by atoms with Crippen molar-refractivity contribution in [3.8, 4) is 5.75 Å². The number of hydrogen-bond acceptors (Lipinski definition) is 4. The topological polar surface area (TPSA) is 58.7 Å². The van der Waals surface area contributed by atoms with Crippen LogP contribution in [0, 0.1) is 0 Å². The Morgan fingerprint density at radius 1 is 1.53 bits per heavy atom. The summed E-state index contributed by atoms with van der Waals surface area (Å²) in [7, 11) is 3.51. The molecule has 0 heterocycles. The summed E-state index contributed by atoms with van der Waals surface area (Å²) in [5, 5.41) is 9.05. The van der Waals surface area contributed by atoms with E-state index in [9.17, 15) is 0 Å². The Kier molecular flexibility index (Phi) is 3.80. The molecule has 0 aromatic heterocycles. The second-order valence-electron chi connectivity index (χ2n) is 3.57. The van der Waals surface area contributed by atoms with Crippen molar-refractivity contribution in [3.05, 3.63) is 18.2 Å². The van der Waals surface area contributed by atoms with E-state index >= 15 is 0 Å². The molecule has 0 radical (unpaired) electrons. The molecule has 0 saturated carbocycles. The van der Waals surface area contributed by atoms with Crippen molar-refractivity contribution in [1.82, 2.24) is 0 Å². The molecule has 0 fully saturated rings. The second kappa shape index (κ2) is 4.89. The quantitative estimate of drug-likeness (QED) is 0.730. The number of aliphatic hydroxyl groups excluding tert-OH is 1. The molecule has 0 aliphatic heterocycles. The number of benzene rings is 1. The second-order valence-corrected chi connectivity index (χ2v) is 3.57. The first kappa shape index (κ1) is 11.7. The van der Waals surface area contributed by atoms with Crippen LogP contribution in [-0.4, -0.2) is 31.9 Å². The van der Waals surface area contributed by atoms with Gasteiger partial charge in [-0.3, -0.25) is 0 Å². The fraction of sp³-hybridized carbons (Fsp3) is 0.455. The fourth-order valence-electron chi connectivity index (χ4n) is 1.34. The summed E-state index contributed by atoms with van der Waals surface area (Å²) in [5.41, 5.74) is 7.44. The Morgan fingerprint density at radius 3 is 2.67 bits per heavy atom. The molecular formula is C11H18N2O2. The third kappa shape index (κ3) is 2.53. The van der Waals surface area contributed by atoms with Crippen LogP contribution in [0.3, 0.4) is 0 Å². The first-order chi connectivity index (χ1) is 7.10. The number of likely N-dealkylation sites (N-methyl/N-ethyl adjacent to an activating group) is 1. The van der Waals surface area contributed by atoms with Gasteiger partial charge in [-0.05, 0) is 19.1 Å². The highest BCUT2D eigenvalue weighted by atomic mass is 16.5. The van der Waals surface area contributed by atoms with E-state index in [4.69, 9.17) is 15.6 Å². The van der Waals surface area contributed by atoms with Crippen LogP contribution >= 0.6 is 0 Å². The van der Waals surface area contributed by atoms with Gasteiger partial charge in [0.05, 0.1) is 25.1 Å². The Hall–Kier alpha value is -1.42. The van der Waals surface area contributed by atoms with Crippen molar-refractivity contribution in [3.63, 3.8) is 0 Å². The molecular weight excluding hydrogens is 192 g/mol. The summed E-state index contributed by atoms with van der Waals surface area (Å²) in [5.74, 6) is 0.737. The van der Waals surface area contributed by atoms with E-state index in [1.807, 2.05) is 31.0 Å². The molecule has 0 saturated heterocycles. The highest BCUT2D eigenvalue weighted by Crippen LogP contribution is 2.27. The highest BCUT2D eigenvalue weighted by molar-refractivity contribution is 5.69. The average Bonchev–Trinajstić information content (AvgIpc) is 2.26. The smallest absolute Gasteiger partial charge is 0.121 e. The minimum Gasteiger partial charge on any atom is -0.497 e. The lowest BCUT2D eigenvalue weighted by atomic mass is 10.2. The van der Waals surface area contributed by atoms with E-state index in [0.29, 0.717) is 5.69 Å². The van der Waals surface area contributed by atoms with Gasteiger partial charge in [-0.25, -0.2) is 0 Å². The molecule has 1 atom stereocenters. The van der Waals surface area contributed by atoms with Gasteiger partial charge >= 0.3 is 0 Å². The lowest BCUT2D eigenvalue weighted by Crippen LogP contribution is -2.32. The van der Waals surface area contributed by atoms with Crippen LogP contribution in [0.5, 0.6) is 5.75 Å². The SMILES string of the molecule is COc1ccc(N(C)C(C)CO)c(N)c1. The van der Waals surface area contributed by atoms with Crippen LogP contribution in [0.15, 0.2) is 18.2 Å². The van der Waals surface area contributed by atoms with Gasteiger partial charge in [0.2, 0.25) is 0 Å². The lowest BCUT2D eigenvalue weighted by molar-refractivity contribution is 0.270. The Balaban J connectivity index is 2.95. The molecule has 0 spiro atoms. The predicted molar refractivity (Wildman–Crippen MR) is 62.4 cm³/mol. The monoisotopic (exact) mass is 210 g/mol. The van der Waals surface area contributed by atoms with Gasteiger partial charge in [-0.15, -0.1) is 0 Å². The summed E-state index contributed by atoms with van der Waals surface area (Å²) in [4.78, 5) is 1.94. The number of nitrogens with zero attached hydrogens (tertiary/aromatic N) is 1. The molecule has 4 heteroatoms. The van der Waals surface area contributed by atoms with Crippen molar-refractivity contribution < 1.29 is 9.84 Å². The molecule has 4 nitrogen and oxygen atoms in total. The molecule has 15 heavy (non-hydrogen) atoms. The van der Waals surface area contributed by atoms with E-state index in [0.717, 1.165) is 11.4 Å². The zero-order chi connectivity index (χ0) is 11.4. The lowest BCUT2D eigenvalue weighted by Gasteiger charge is -2.26. The summed E-state index contributed by atoms with van der Waals surface area (Å²) in [6.45, 7) is 2.03. The van der Waals surface area contributed by atoms with Gasteiger partial charge in [0.15, 0.2) is 0 Å². The minimum absolute atomic E-state index is 0.0423. The van der Waals surface area contributed by atoms with Gasteiger partial charge < -0.3 is 20.5 Å². The first-order valence-electron chi connectivity index (χ1n) is 4.87. The molecule has 3 N–H and O–H groups in total. The predicted octanol–water partition coefficient (Wildman–Crippen LogP) is 1.09. The zero-order valence-corrected chi connectivity index (χ0v) is 9.40. The Morgan fingerprint density at radius 2 is 2.20 bits per heavy atom. The number of anilines is 2. The zero-order valence-electron chi connectivity index (χ0n) is 9.40. The standard InChI is InChI=1S/C11H18N2O2/c1-8(7-14)13(2)11-5-4-9(15-3)6-10(11)12/h4-6,8,14H,7,12H2,1-3H3. The van der Waals surface area contributed by atoms with Crippen LogP contribution in [0.4, 0.5) is 11.4 Å². The minimum atomic E-state index is 0.0423.